The lowest BCUT2D eigenvalue weighted by Crippen LogP contribution is -2.28. The SMILES string of the molecule is CCN(CC(C)C)c1cc(F)c(C(=O)O)cc1N. The largest absolute Gasteiger partial charge is 0.478 e. The van der Waals surface area contributed by atoms with E-state index in [2.05, 4.69) is 13.8 Å². The van der Waals surface area contributed by atoms with Gasteiger partial charge in [-0.2, -0.15) is 0 Å². The van der Waals surface area contributed by atoms with Gasteiger partial charge in [-0.3, -0.25) is 0 Å². The normalized spacial score (nSPS) is 10.7. The molecule has 0 spiro atoms. The first-order valence-corrected chi connectivity index (χ1v) is 5.94. The number of hydrogen-bond acceptors (Lipinski definition) is 3. The molecular weight excluding hydrogens is 235 g/mol. The molecule has 1 aromatic carbocycles. The van der Waals surface area contributed by atoms with Crippen molar-refractivity contribution in [3.8, 4) is 0 Å². The van der Waals surface area contributed by atoms with Crippen molar-refractivity contribution in [2.24, 2.45) is 5.92 Å². The van der Waals surface area contributed by atoms with Crippen LogP contribution in [0.5, 0.6) is 0 Å². The Kier molecular flexibility index (Phi) is 4.53. The van der Waals surface area contributed by atoms with E-state index in [4.69, 9.17) is 10.8 Å². The number of carboxylic acid groups (broad SMARTS) is 1. The molecule has 18 heavy (non-hydrogen) atoms. The van der Waals surface area contributed by atoms with Crippen LogP contribution in [0.4, 0.5) is 15.8 Å². The van der Waals surface area contributed by atoms with Gasteiger partial charge >= 0.3 is 5.97 Å². The maximum atomic E-state index is 13.7. The highest BCUT2D eigenvalue weighted by molar-refractivity contribution is 5.90. The summed E-state index contributed by atoms with van der Waals surface area (Å²) in [5, 5.41) is 8.81. The monoisotopic (exact) mass is 254 g/mol. The molecule has 0 aliphatic carbocycles. The van der Waals surface area contributed by atoms with Crippen LogP contribution in [0.25, 0.3) is 0 Å². The van der Waals surface area contributed by atoms with Crippen LogP contribution in [-0.2, 0) is 0 Å². The zero-order valence-corrected chi connectivity index (χ0v) is 10.9. The van der Waals surface area contributed by atoms with Crippen LogP contribution in [0.2, 0.25) is 0 Å². The molecule has 1 rings (SSSR count). The second-order valence-electron chi connectivity index (χ2n) is 4.63. The Morgan fingerprint density at radius 2 is 2.11 bits per heavy atom. The Morgan fingerprint density at radius 1 is 1.50 bits per heavy atom. The van der Waals surface area contributed by atoms with E-state index in [0.29, 0.717) is 18.2 Å². The third kappa shape index (κ3) is 3.12. The van der Waals surface area contributed by atoms with Gasteiger partial charge in [0.05, 0.1) is 16.9 Å². The molecule has 0 radical (unpaired) electrons. The number of nitrogens with two attached hydrogens (primary N) is 1. The molecule has 0 saturated carbocycles. The van der Waals surface area contributed by atoms with Gasteiger partial charge in [-0.25, -0.2) is 9.18 Å². The minimum atomic E-state index is -1.31. The molecule has 0 saturated heterocycles. The minimum Gasteiger partial charge on any atom is -0.478 e. The molecule has 0 amide bonds. The number of rotatable bonds is 5. The fourth-order valence-electron chi connectivity index (χ4n) is 1.86. The first-order chi connectivity index (χ1) is 8.36. The molecule has 5 heteroatoms. The second-order valence-corrected chi connectivity index (χ2v) is 4.63. The highest BCUT2D eigenvalue weighted by Gasteiger charge is 2.17. The van der Waals surface area contributed by atoms with Crippen LogP contribution in [0.3, 0.4) is 0 Å². The van der Waals surface area contributed by atoms with Gasteiger partial charge in [-0.15, -0.1) is 0 Å². The summed E-state index contributed by atoms with van der Waals surface area (Å²) in [5.74, 6) is -1.65. The number of nitrogens with zero attached hydrogens (tertiary/aromatic N) is 1. The molecule has 100 valence electrons. The number of benzene rings is 1. The van der Waals surface area contributed by atoms with E-state index in [9.17, 15) is 9.18 Å². The smallest absolute Gasteiger partial charge is 0.338 e. The maximum Gasteiger partial charge on any atom is 0.338 e. The molecule has 0 aliphatic heterocycles. The lowest BCUT2D eigenvalue weighted by atomic mass is 10.1. The quantitative estimate of drug-likeness (QED) is 0.792. The summed E-state index contributed by atoms with van der Waals surface area (Å²) in [6.45, 7) is 7.49. The standard InChI is InChI=1S/C13H19FN2O2/c1-4-16(7-8(2)3)12-6-10(14)9(13(17)18)5-11(12)15/h5-6,8H,4,7,15H2,1-3H3,(H,17,18). The van der Waals surface area contributed by atoms with E-state index in [0.717, 1.165) is 6.54 Å². The van der Waals surface area contributed by atoms with Gasteiger partial charge in [-0.1, -0.05) is 13.8 Å². The van der Waals surface area contributed by atoms with Crippen molar-refractivity contribution < 1.29 is 14.3 Å². The summed E-state index contributed by atoms with van der Waals surface area (Å²) in [4.78, 5) is 12.7. The number of carboxylic acids is 1. The topological polar surface area (TPSA) is 66.6 Å². The van der Waals surface area contributed by atoms with Crippen molar-refractivity contribution in [3.63, 3.8) is 0 Å². The van der Waals surface area contributed by atoms with Crippen molar-refractivity contribution in [1.82, 2.24) is 0 Å². The molecule has 1 aromatic rings. The third-order valence-electron chi connectivity index (χ3n) is 2.65. The Labute approximate surface area is 106 Å². The van der Waals surface area contributed by atoms with E-state index < -0.39 is 17.3 Å². The van der Waals surface area contributed by atoms with Crippen LogP contribution in [-0.4, -0.2) is 24.2 Å². The molecule has 0 fully saturated rings. The second kappa shape index (κ2) is 5.71. The predicted molar refractivity (Wildman–Crippen MR) is 70.5 cm³/mol. The first-order valence-electron chi connectivity index (χ1n) is 5.94. The molecule has 0 aromatic heterocycles. The van der Waals surface area contributed by atoms with Crippen LogP contribution >= 0.6 is 0 Å². The van der Waals surface area contributed by atoms with Crippen molar-refractivity contribution in [3.05, 3.63) is 23.5 Å². The predicted octanol–water partition coefficient (Wildman–Crippen LogP) is 2.59. The van der Waals surface area contributed by atoms with Gasteiger partial charge < -0.3 is 15.7 Å². The highest BCUT2D eigenvalue weighted by Crippen LogP contribution is 2.27. The summed E-state index contributed by atoms with van der Waals surface area (Å²) in [6, 6.07) is 2.38. The van der Waals surface area contributed by atoms with E-state index in [-0.39, 0.29) is 5.69 Å². The Bertz CT molecular complexity index is 447. The first kappa shape index (κ1) is 14.3. The van der Waals surface area contributed by atoms with E-state index >= 15 is 0 Å². The summed E-state index contributed by atoms with van der Waals surface area (Å²) in [7, 11) is 0. The van der Waals surface area contributed by atoms with E-state index in [1.807, 2.05) is 11.8 Å². The van der Waals surface area contributed by atoms with Crippen LogP contribution in [0.15, 0.2) is 12.1 Å². The van der Waals surface area contributed by atoms with Gasteiger partial charge in [0, 0.05) is 19.2 Å². The van der Waals surface area contributed by atoms with Crippen molar-refractivity contribution >= 4 is 17.3 Å². The number of carbonyl (C=O) groups is 1. The van der Waals surface area contributed by atoms with Crippen molar-refractivity contribution in [2.45, 2.75) is 20.8 Å². The Hall–Kier alpha value is -1.78. The van der Waals surface area contributed by atoms with Gasteiger partial charge in [-0.05, 0) is 18.9 Å². The van der Waals surface area contributed by atoms with Crippen molar-refractivity contribution in [1.29, 1.82) is 0 Å². The zero-order valence-electron chi connectivity index (χ0n) is 10.9. The van der Waals surface area contributed by atoms with Gasteiger partial charge in [0.25, 0.3) is 0 Å². The van der Waals surface area contributed by atoms with Crippen LogP contribution < -0.4 is 10.6 Å². The van der Waals surface area contributed by atoms with Crippen LogP contribution in [0.1, 0.15) is 31.1 Å². The van der Waals surface area contributed by atoms with Gasteiger partial charge in [0.15, 0.2) is 0 Å². The summed E-state index contributed by atoms with van der Waals surface area (Å²) < 4.78 is 13.7. The lowest BCUT2D eigenvalue weighted by Gasteiger charge is -2.26. The molecule has 0 heterocycles. The third-order valence-corrected chi connectivity index (χ3v) is 2.65. The zero-order chi connectivity index (χ0) is 13.9. The Balaban J connectivity index is 3.17. The lowest BCUT2D eigenvalue weighted by molar-refractivity contribution is 0.0692. The molecular formula is C13H19FN2O2. The molecule has 0 bridgehead atoms. The maximum absolute atomic E-state index is 13.7. The summed E-state index contributed by atoms with van der Waals surface area (Å²) in [5.41, 5.74) is 6.25. The number of anilines is 2. The number of nitrogen functional groups attached to an aromatic ring is 1. The molecule has 0 unspecified atom stereocenters. The van der Waals surface area contributed by atoms with Gasteiger partial charge in [0.2, 0.25) is 0 Å². The summed E-state index contributed by atoms with van der Waals surface area (Å²) >= 11 is 0. The molecule has 3 N–H and O–H groups in total. The van der Waals surface area contributed by atoms with Crippen LogP contribution in [0, 0.1) is 11.7 Å². The number of hydrogen-bond donors (Lipinski definition) is 2. The summed E-state index contributed by atoms with van der Waals surface area (Å²) in [6.07, 6.45) is 0. The fraction of sp³-hybridized carbons (Fsp3) is 0.462. The average molecular weight is 254 g/mol. The molecule has 4 nitrogen and oxygen atoms in total. The molecule has 0 aliphatic rings. The van der Waals surface area contributed by atoms with E-state index in [1.54, 1.807) is 0 Å². The minimum absolute atomic E-state index is 0.288. The molecule has 0 atom stereocenters. The van der Waals surface area contributed by atoms with Crippen molar-refractivity contribution in [2.75, 3.05) is 23.7 Å². The fourth-order valence-corrected chi connectivity index (χ4v) is 1.86. The van der Waals surface area contributed by atoms with Gasteiger partial charge in [0.1, 0.15) is 5.82 Å². The van der Waals surface area contributed by atoms with E-state index in [1.165, 1.54) is 12.1 Å². The average Bonchev–Trinajstić information content (AvgIpc) is 2.28. The number of aromatic carboxylic acids is 1. The number of halogens is 1. The Morgan fingerprint density at radius 3 is 2.56 bits per heavy atom. The highest BCUT2D eigenvalue weighted by atomic mass is 19.1.